The topological polar surface area (TPSA) is 15.3 Å². The van der Waals surface area contributed by atoms with Gasteiger partial charge in [0, 0.05) is 18.3 Å². The molecule has 1 unspecified atom stereocenters. The first-order chi connectivity index (χ1) is 6.50. The van der Waals surface area contributed by atoms with Gasteiger partial charge >= 0.3 is 0 Å². The number of nitrogens with zero attached hydrogens (tertiary/aromatic N) is 1. The van der Waals surface area contributed by atoms with E-state index in [1.165, 1.54) is 30.8 Å². The van der Waals surface area contributed by atoms with Gasteiger partial charge < -0.3 is 10.2 Å². The quantitative estimate of drug-likeness (QED) is 0.744. The van der Waals surface area contributed by atoms with E-state index in [-0.39, 0.29) is 0 Å². The molecule has 0 bridgehead atoms. The molecule has 82 valence electrons. The first kappa shape index (κ1) is 11.6. The fraction of sp³-hybridized carbons (Fsp3) is 0.833. The molecule has 2 heteroatoms. The molecule has 0 aromatic carbocycles. The van der Waals surface area contributed by atoms with Gasteiger partial charge in [0.05, 0.1) is 0 Å². The third-order valence-corrected chi connectivity index (χ3v) is 2.87. The lowest BCUT2D eigenvalue weighted by Gasteiger charge is -2.21. The molecule has 0 amide bonds. The van der Waals surface area contributed by atoms with Crippen LogP contribution >= 0.6 is 0 Å². The van der Waals surface area contributed by atoms with Gasteiger partial charge in [-0.05, 0) is 39.8 Å². The molecule has 1 aliphatic heterocycles. The van der Waals surface area contributed by atoms with Crippen LogP contribution in [-0.2, 0) is 0 Å². The Kier molecular flexibility index (Phi) is 3.99. The number of likely N-dealkylation sites (tertiary alicyclic amines) is 1. The van der Waals surface area contributed by atoms with E-state index in [1.54, 1.807) is 0 Å². The normalized spacial score (nSPS) is 22.9. The molecule has 1 saturated heterocycles. The van der Waals surface area contributed by atoms with Gasteiger partial charge in [0.25, 0.3) is 0 Å². The van der Waals surface area contributed by atoms with Crippen molar-refractivity contribution < 1.29 is 0 Å². The highest BCUT2D eigenvalue weighted by Gasteiger charge is 2.20. The smallest absolute Gasteiger partial charge is 0.0397 e. The molecule has 0 aliphatic carbocycles. The van der Waals surface area contributed by atoms with Crippen molar-refractivity contribution in [1.82, 2.24) is 10.2 Å². The summed E-state index contributed by atoms with van der Waals surface area (Å²) in [6, 6.07) is 0.660. The van der Waals surface area contributed by atoms with Crippen LogP contribution in [0.15, 0.2) is 11.3 Å². The highest BCUT2D eigenvalue weighted by atomic mass is 15.2. The summed E-state index contributed by atoms with van der Waals surface area (Å²) in [6.07, 6.45) is 1.28. The number of rotatable bonds is 3. The van der Waals surface area contributed by atoms with Crippen LogP contribution in [0.2, 0.25) is 0 Å². The summed E-state index contributed by atoms with van der Waals surface area (Å²) >= 11 is 0. The standard InChI is InChI=1S/C12H24N2/c1-9(2)12(10(3)4)13-11-6-7-14(5)8-11/h9,11,13H,6-8H2,1-5H3. The largest absolute Gasteiger partial charge is 0.384 e. The molecule has 1 heterocycles. The lowest BCUT2D eigenvalue weighted by atomic mass is 10.0. The van der Waals surface area contributed by atoms with E-state index in [2.05, 4.69) is 45.0 Å². The Morgan fingerprint density at radius 3 is 2.36 bits per heavy atom. The van der Waals surface area contributed by atoms with Gasteiger partial charge in [0.1, 0.15) is 0 Å². The minimum Gasteiger partial charge on any atom is -0.384 e. The molecule has 2 nitrogen and oxygen atoms in total. The Morgan fingerprint density at radius 1 is 1.36 bits per heavy atom. The van der Waals surface area contributed by atoms with Crippen LogP contribution in [0.3, 0.4) is 0 Å². The highest BCUT2D eigenvalue weighted by molar-refractivity contribution is 5.11. The predicted molar refractivity (Wildman–Crippen MR) is 62.2 cm³/mol. The Balaban J connectivity index is 2.53. The number of allylic oxidation sites excluding steroid dienone is 2. The van der Waals surface area contributed by atoms with Gasteiger partial charge in [-0.15, -0.1) is 0 Å². The predicted octanol–water partition coefficient (Wildman–Crippen LogP) is 2.23. The van der Waals surface area contributed by atoms with Gasteiger partial charge in [-0.1, -0.05) is 19.4 Å². The van der Waals surface area contributed by atoms with E-state index in [4.69, 9.17) is 0 Å². The maximum Gasteiger partial charge on any atom is 0.0397 e. The van der Waals surface area contributed by atoms with E-state index in [1.807, 2.05) is 0 Å². The number of hydrogen-bond acceptors (Lipinski definition) is 2. The zero-order chi connectivity index (χ0) is 10.7. The SMILES string of the molecule is CC(C)=C(NC1CCN(C)C1)C(C)C. The van der Waals surface area contributed by atoms with Gasteiger partial charge in [0.2, 0.25) is 0 Å². The van der Waals surface area contributed by atoms with Gasteiger partial charge in [-0.2, -0.15) is 0 Å². The van der Waals surface area contributed by atoms with E-state index in [0.717, 1.165) is 0 Å². The average molecular weight is 196 g/mol. The highest BCUT2D eigenvalue weighted by Crippen LogP contribution is 2.15. The fourth-order valence-electron chi connectivity index (χ4n) is 2.16. The van der Waals surface area contributed by atoms with Crippen molar-refractivity contribution in [2.75, 3.05) is 20.1 Å². The zero-order valence-electron chi connectivity index (χ0n) is 10.2. The van der Waals surface area contributed by atoms with Crippen LogP contribution in [0.4, 0.5) is 0 Å². The van der Waals surface area contributed by atoms with E-state index >= 15 is 0 Å². The maximum atomic E-state index is 3.68. The van der Waals surface area contributed by atoms with Crippen LogP contribution in [-0.4, -0.2) is 31.1 Å². The minimum atomic E-state index is 0.617. The Hall–Kier alpha value is -0.500. The molecule has 1 N–H and O–H groups in total. The summed E-state index contributed by atoms with van der Waals surface area (Å²) < 4.78 is 0. The van der Waals surface area contributed by atoms with Gasteiger partial charge in [-0.25, -0.2) is 0 Å². The van der Waals surface area contributed by atoms with E-state index < -0.39 is 0 Å². The Bertz CT molecular complexity index is 214. The molecule has 0 spiro atoms. The Labute approximate surface area is 88.4 Å². The molecule has 0 saturated carbocycles. The number of nitrogens with one attached hydrogen (secondary N) is 1. The van der Waals surface area contributed by atoms with Crippen molar-refractivity contribution in [3.8, 4) is 0 Å². The van der Waals surface area contributed by atoms with Crippen LogP contribution in [0.25, 0.3) is 0 Å². The monoisotopic (exact) mass is 196 g/mol. The fourth-order valence-corrected chi connectivity index (χ4v) is 2.16. The Morgan fingerprint density at radius 2 is 2.00 bits per heavy atom. The van der Waals surface area contributed by atoms with Gasteiger partial charge in [-0.3, -0.25) is 0 Å². The second-order valence-electron chi connectivity index (χ2n) is 4.96. The number of likely N-dealkylation sites (N-methyl/N-ethyl adjacent to an activating group) is 1. The van der Waals surface area contributed by atoms with E-state index in [0.29, 0.717) is 12.0 Å². The molecule has 1 aliphatic rings. The van der Waals surface area contributed by atoms with Crippen LogP contribution in [0.1, 0.15) is 34.1 Å². The van der Waals surface area contributed by atoms with E-state index in [9.17, 15) is 0 Å². The molecule has 1 atom stereocenters. The average Bonchev–Trinajstić information content (AvgIpc) is 2.46. The lowest BCUT2D eigenvalue weighted by Crippen LogP contribution is -2.33. The van der Waals surface area contributed by atoms with Gasteiger partial charge in [0.15, 0.2) is 0 Å². The molecule has 1 rings (SSSR count). The molecule has 1 fully saturated rings. The molecular weight excluding hydrogens is 172 g/mol. The lowest BCUT2D eigenvalue weighted by molar-refractivity contribution is 0.401. The second kappa shape index (κ2) is 4.83. The van der Waals surface area contributed by atoms with Crippen molar-refractivity contribution in [3.63, 3.8) is 0 Å². The van der Waals surface area contributed by atoms with Crippen molar-refractivity contribution in [2.24, 2.45) is 5.92 Å². The second-order valence-corrected chi connectivity index (χ2v) is 4.96. The summed E-state index contributed by atoms with van der Waals surface area (Å²) in [6.45, 7) is 11.3. The summed E-state index contributed by atoms with van der Waals surface area (Å²) in [5.41, 5.74) is 2.86. The van der Waals surface area contributed by atoms with Crippen molar-refractivity contribution in [1.29, 1.82) is 0 Å². The van der Waals surface area contributed by atoms with Crippen molar-refractivity contribution in [2.45, 2.75) is 40.2 Å². The molecule has 0 radical (unpaired) electrons. The zero-order valence-corrected chi connectivity index (χ0v) is 10.2. The van der Waals surface area contributed by atoms with Crippen LogP contribution < -0.4 is 5.32 Å². The van der Waals surface area contributed by atoms with Crippen molar-refractivity contribution in [3.05, 3.63) is 11.3 Å². The van der Waals surface area contributed by atoms with Crippen molar-refractivity contribution >= 4 is 0 Å². The summed E-state index contributed by atoms with van der Waals surface area (Å²) in [7, 11) is 2.19. The molecule has 0 aromatic heterocycles. The van der Waals surface area contributed by atoms with Crippen LogP contribution in [0.5, 0.6) is 0 Å². The third kappa shape index (κ3) is 3.02. The molecular formula is C12H24N2. The summed E-state index contributed by atoms with van der Waals surface area (Å²) in [5, 5.41) is 3.68. The first-order valence-electron chi connectivity index (χ1n) is 5.63. The summed E-state index contributed by atoms with van der Waals surface area (Å²) in [5.74, 6) is 0.617. The minimum absolute atomic E-state index is 0.617. The molecule has 14 heavy (non-hydrogen) atoms. The number of hydrogen-bond donors (Lipinski definition) is 1. The summed E-state index contributed by atoms with van der Waals surface area (Å²) in [4.78, 5) is 2.39. The maximum absolute atomic E-state index is 3.68. The van der Waals surface area contributed by atoms with Crippen LogP contribution in [0, 0.1) is 5.92 Å². The first-order valence-corrected chi connectivity index (χ1v) is 5.63. The molecule has 0 aromatic rings. The third-order valence-electron chi connectivity index (χ3n) is 2.87.